The standard InChI is InChI=1S/C15H16N4OS/c1-3-6-13-16-17-15-19(13)18-14(21-15)10-9-11-7-4-5-8-12(11)20-2/h4-5,7-10H,3,6H2,1-2H3/b10-9+. The summed E-state index contributed by atoms with van der Waals surface area (Å²) < 4.78 is 7.16. The predicted octanol–water partition coefficient (Wildman–Crippen LogP) is 3.32. The van der Waals surface area contributed by atoms with Crippen molar-refractivity contribution in [1.29, 1.82) is 0 Å². The van der Waals surface area contributed by atoms with Crippen molar-refractivity contribution < 1.29 is 4.74 Å². The van der Waals surface area contributed by atoms with Gasteiger partial charge in [0.15, 0.2) is 5.82 Å². The third-order valence-electron chi connectivity index (χ3n) is 3.09. The van der Waals surface area contributed by atoms with E-state index in [1.54, 1.807) is 7.11 Å². The van der Waals surface area contributed by atoms with Crippen molar-refractivity contribution in [1.82, 2.24) is 19.8 Å². The van der Waals surface area contributed by atoms with Crippen LogP contribution < -0.4 is 4.74 Å². The Morgan fingerprint density at radius 3 is 2.90 bits per heavy atom. The van der Waals surface area contributed by atoms with Crippen LogP contribution in [0, 0.1) is 0 Å². The lowest BCUT2D eigenvalue weighted by Crippen LogP contribution is -1.94. The summed E-state index contributed by atoms with van der Waals surface area (Å²) in [6, 6.07) is 7.90. The lowest BCUT2D eigenvalue weighted by molar-refractivity contribution is 0.414. The van der Waals surface area contributed by atoms with Gasteiger partial charge in [0, 0.05) is 12.0 Å². The number of hydrogen-bond donors (Lipinski definition) is 0. The van der Waals surface area contributed by atoms with Gasteiger partial charge in [-0.15, -0.1) is 10.2 Å². The van der Waals surface area contributed by atoms with Gasteiger partial charge in [-0.2, -0.15) is 9.61 Å². The highest BCUT2D eigenvalue weighted by molar-refractivity contribution is 7.17. The molecule has 0 amide bonds. The van der Waals surface area contributed by atoms with E-state index in [-0.39, 0.29) is 0 Å². The number of para-hydroxylation sites is 1. The minimum atomic E-state index is 0.832. The molecule has 0 aliphatic rings. The molecule has 0 saturated carbocycles. The molecule has 0 bridgehead atoms. The molecule has 2 heterocycles. The summed E-state index contributed by atoms with van der Waals surface area (Å²) in [6.45, 7) is 2.12. The zero-order valence-electron chi connectivity index (χ0n) is 12.0. The van der Waals surface area contributed by atoms with Crippen LogP contribution in [-0.2, 0) is 6.42 Å². The Balaban J connectivity index is 1.89. The average Bonchev–Trinajstić information content (AvgIpc) is 3.07. The molecule has 21 heavy (non-hydrogen) atoms. The normalized spacial score (nSPS) is 11.5. The van der Waals surface area contributed by atoms with Gasteiger partial charge in [0.1, 0.15) is 10.8 Å². The van der Waals surface area contributed by atoms with Crippen LogP contribution in [0.2, 0.25) is 0 Å². The van der Waals surface area contributed by atoms with Crippen molar-refractivity contribution in [2.45, 2.75) is 19.8 Å². The van der Waals surface area contributed by atoms with Crippen LogP contribution >= 0.6 is 11.3 Å². The number of aryl methyl sites for hydroxylation is 1. The molecule has 0 radical (unpaired) electrons. The van der Waals surface area contributed by atoms with E-state index in [9.17, 15) is 0 Å². The highest BCUT2D eigenvalue weighted by atomic mass is 32.1. The second-order valence-electron chi connectivity index (χ2n) is 4.58. The number of ether oxygens (including phenoxy) is 1. The maximum Gasteiger partial charge on any atom is 0.234 e. The zero-order valence-corrected chi connectivity index (χ0v) is 12.8. The lowest BCUT2D eigenvalue weighted by atomic mass is 10.2. The van der Waals surface area contributed by atoms with E-state index >= 15 is 0 Å². The molecule has 3 aromatic rings. The Kier molecular flexibility index (Phi) is 3.96. The molecule has 6 heteroatoms. The SMILES string of the molecule is CCCc1nnc2sc(/C=C/c3ccccc3OC)nn12. The molecule has 0 aliphatic carbocycles. The molecular formula is C15H16N4OS. The van der Waals surface area contributed by atoms with E-state index in [1.165, 1.54) is 11.3 Å². The predicted molar refractivity (Wildman–Crippen MR) is 84.6 cm³/mol. The first-order valence-corrected chi connectivity index (χ1v) is 7.65. The molecule has 3 rings (SSSR count). The first kappa shape index (κ1) is 13.8. The maximum atomic E-state index is 5.33. The van der Waals surface area contributed by atoms with Crippen molar-refractivity contribution >= 4 is 28.4 Å². The van der Waals surface area contributed by atoms with E-state index in [2.05, 4.69) is 22.2 Å². The quantitative estimate of drug-likeness (QED) is 0.725. The Morgan fingerprint density at radius 1 is 1.24 bits per heavy atom. The van der Waals surface area contributed by atoms with Crippen LogP contribution in [0.4, 0.5) is 0 Å². The molecule has 0 aliphatic heterocycles. The number of fused-ring (bicyclic) bond motifs is 1. The van der Waals surface area contributed by atoms with Gasteiger partial charge in [0.2, 0.25) is 4.96 Å². The van der Waals surface area contributed by atoms with Gasteiger partial charge in [0.05, 0.1) is 7.11 Å². The summed E-state index contributed by atoms with van der Waals surface area (Å²) in [5, 5.41) is 13.8. The van der Waals surface area contributed by atoms with Gasteiger partial charge < -0.3 is 4.74 Å². The second kappa shape index (κ2) is 6.05. The smallest absolute Gasteiger partial charge is 0.234 e. The van der Waals surface area contributed by atoms with Gasteiger partial charge in [0.25, 0.3) is 0 Å². The summed E-state index contributed by atoms with van der Waals surface area (Å²) >= 11 is 1.53. The van der Waals surface area contributed by atoms with E-state index in [1.807, 2.05) is 40.9 Å². The minimum Gasteiger partial charge on any atom is -0.496 e. The van der Waals surface area contributed by atoms with Crippen LogP contribution in [0.15, 0.2) is 24.3 Å². The minimum absolute atomic E-state index is 0.832. The topological polar surface area (TPSA) is 52.3 Å². The third kappa shape index (κ3) is 2.80. The van der Waals surface area contributed by atoms with Crippen LogP contribution in [0.1, 0.15) is 29.7 Å². The van der Waals surface area contributed by atoms with Crippen LogP contribution in [0.25, 0.3) is 17.1 Å². The first-order valence-electron chi connectivity index (χ1n) is 6.84. The molecule has 0 atom stereocenters. The summed E-state index contributed by atoms with van der Waals surface area (Å²) in [4.78, 5) is 0.832. The number of methoxy groups -OCH3 is 1. The Labute approximate surface area is 126 Å². The molecule has 0 N–H and O–H groups in total. The molecule has 0 spiro atoms. The molecule has 108 valence electrons. The van der Waals surface area contributed by atoms with E-state index < -0.39 is 0 Å². The monoisotopic (exact) mass is 300 g/mol. The Morgan fingerprint density at radius 2 is 2.10 bits per heavy atom. The first-order chi connectivity index (χ1) is 10.3. The number of nitrogens with zero attached hydrogens (tertiary/aromatic N) is 4. The highest BCUT2D eigenvalue weighted by Crippen LogP contribution is 2.22. The summed E-state index contributed by atoms with van der Waals surface area (Å²) in [6.07, 6.45) is 5.90. The van der Waals surface area contributed by atoms with Gasteiger partial charge in [-0.25, -0.2) is 0 Å². The average molecular weight is 300 g/mol. The zero-order chi connectivity index (χ0) is 14.7. The second-order valence-corrected chi connectivity index (χ2v) is 5.56. The van der Waals surface area contributed by atoms with Gasteiger partial charge >= 0.3 is 0 Å². The fourth-order valence-electron chi connectivity index (χ4n) is 2.08. The van der Waals surface area contributed by atoms with Gasteiger partial charge in [-0.1, -0.05) is 36.5 Å². The molecule has 0 saturated heterocycles. The molecule has 2 aromatic heterocycles. The van der Waals surface area contributed by atoms with Crippen molar-refractivity contribution in [2.75, 3.05) is 7.11 Å². The van der Waals surface area contributed by atoms with Gasteiger partial charge in [-0.3, -0.25) is 0 Å². The Hall–Kier alpha value is -2.21. The van der Waals surface area contributed by atoms with Crippen molar-refractivity contribution in [2.24, 2.45) is 0 Å². The third-order valence-corrected chi connectivity index (χ3v) is 3.95. The lowest BCUT2D eigenvalue weighted by Gasteiger charge is -2.02. The number of hydrogen-bond acceptors (Lipinski definition) is 5. The van der Waals surface area contributed by atoms with Gasteiger partial charge in [-0.05, 0) is 24.6 Å². The van der Waals surface area contributed by atoms with E-state index in [0.29, 0.717) is 0 Å². The fraction of sp³-hybridized carbons (Fsp3) is 0.267. The largest absolute Gasteiger partial charge is 0.496 e. The number of aromatic nitrogens is 4. The fourth-order valence-corrected chi connectivity index (χ4v) is 2.84. The molecular weight excluding hydrogens is 284 g/mol. The molecule has 0 fully saturated rings. The molecule has 0 unspecified atom stereocenters. The maximum absolute atomic E-state index is 5.33. The van der Waals surface area contributed by atoms with E-state index in [0.717, 1.165) is 39.9 Å². The summed E-state index contributed by atoms with van der Waals surface area (Å²) in [5.74, 6) is 1.77. The van der Waals surface area contributed by atoms with E-state index in [4.69, 9.17) is 4.74 Å². The van der Waals surface area contributed by atoms with Crippen molar-refractivity contribution in [3.05, 3.63) is 40.7 Å². The van der Waals surface area contributed by atoms with Crippen LogP contribution in [-0.4, -0.2) is 26.9 Å². The number of rotatable bonds is 5. The van der Waals surface area contributed by atoms with Crippen molar-refractivity contribution in [3.63, 3.8) is 0 Å². The van der Waals surface area contributed by atoms with Crippen LogP contribution in [0.5, 0.6) is 5.75 Å². The van der Waals surface area contributed by atoms with Crippen molar-refractivity contribution in [3.8, 4) is 5.75 Å². The summed E-state index contributed by atoms with van der Waals surface area (Å²) in [7, 11) is 1.67. The number of benzene rings is 1. The summed E-state index contributed by atoms with van der Waals surface area (Å²) in [5.41, 5.74) is 1.03. The Bertz CT molecular complexity index is 775. The molecule has 1 aromatic carbocycles. The highest BCUT2D eigenvalue weighted by Gasteiger charge is 2.09. The van der Waals surface area contributed by atoms with Crippen LogP contribution in [0.3, 0.4) is 0 Å². The molecule has 5 nitrogen and oxygen atoms in total.